The van der Waals surface area contributed by atoms with Gasteiger partial charge in [0.2, 0.25) is 5.91 Å². The molecule has 3 N–H and O–H groups in total. The van der Waals surface area contributed by atoms with Gasteiger partial charge in [-0.05, 0) is 30.2 Å². The van der Waals surface area contributed by atoms with Crippen molar-refractivity contribution in [1.29, 1.82) is 0 Å². The molecule has 4 rings (SSSR count). The number of aryl methyl sites for hydroxylation is 1. The van der Waals surface area contributed by atoms with Gasteiger partial charge in [-0.25, -0.2) is 4.98 Å². The molecule has 0 bridgehead atoms. The molecule has 0 aliphatic carbocycles. The highest BCUT2D eigenvalue weighted by Gasteiger charge is 2.35. The summed E-state index contributed by atoms with van der Waals surface area (Å²) in [6.45, 7) is 1.61. The predicted molar refractivity (Wildman–Crippen MR) is 114 cm³/mol. The molecule has 0 spiro atoms. The molecule has 4 aromatic rings. The first-order chi connectivity index (χ1) is 15.1. The van der Waals surface area contributed by atoms with E-state index in [2.05, 4.69) is 15.4 Å². The Morgan fingerprint density at radius 1 is 1.19 bits per heavy atom. The number of nitrogens with one attached hydrogen (secondary N) is 1. The van der Waals surface area contributed by atoms with Gasteiger partial charge in [0.05, 0.1) is 11.4 Å². The number of nitrogens with two attached hydrogens (primary N) is 1. The smallest absolute Gasteiger partial charge is 0.365 e. The Labute approximate surface area is 183 Å². The van der Waals surface area contributed by atoms with E-state index in [1.807, 2.05) is 0 Å². The van der Waals surface area contributed by atoms with Crippen molar-refractivity contribution in [3.8, 4) is 11.1 Å². The fourth-order valence-corrected chi connectivity index (χ4v) is 4.27. The van der Waals surface area contributed by atoms with E-state index in [0.717, 1.165) is 6.07 Å². The summed E-state index contributed by atoms with van der Waals surface area (Å²) in [5.41, 5.74) is 5.77. The summed E-state index contributed by atoms with van der Waals surface area (Å²) >= 11 is 0.701. The van der Waals surface area contributed by atoms with E-state index in [1.54, 1.807) is 49.5 Å². The largest absolute Gasteiger partial charge is 0.433 e. The normalized spacial score (nSPS) is 11.6. The van der Waals surface area contributed by atoms with Crippen LogP contribution in [0.15, 0.2) is 48.7 Å². The van der Waals surface area contributed by atoms with E-state index in [9.17, 15) is 22.8 Å². The van der Waals surface area contributed by atoms with E-state index in [0.29, 0.717) is 22.6 Å². The van der Waals surface area contributed by atoms with Gasteiger partial charge in [0.15, 0.2) is 0 Å². The quantitative estimate of drug-likeness (QED) is 0.466. The van der Waals surface area contributed by atoms with Gasteiger partial charge in [0.1, 0.15) is 21.9 Å². The summed E-state index contributed by atoms with van der Waals surface area (Å²) in [5, 5.41) is 6.98. The fraction of sp³-hybridized carbons (Fsp3) is 0.143. The monoisotopic (exact) mass is 459 g/mol. The second kappa shape index (κ2) is 8.08. The number of hydrogen-bond acceptors (Lipinski definition) is 5. The molecule has 0 atom stereocenters. The van der Waals surface area contributed by atoms with Crippen LogP contribution in [0.1, 0.15) is 21.1 Å². The van der Waals surface area contributed by atoms with Gasteiger partial charge in [-0.15, -0.1) is 11.3 Å². The molecule has 0 saturated heterocycles. The Hall–Kier alpha value is -3.73. The van der Waals surface area contributed by atoms with E-state index in [1.165, 1.54) is 4.68 Å². The third-order valence-electron chi connectivity index (χ3n) is 4.61. The van der Waals surface area contributed by atoms with Gasteiger partial charge in [0, 0.05) is 11.6 Å². The van der Waals surface area contributed by atoms with Gasteiger partial charge < -0.3 is 11.1 Å². The molecule has 0 radical (unpaired) electrons. The highest BCUT2D eigenvalue weighted by atomic mass is 32.1. The molecule has 32 heavy (non-hydrogen) atoms. The van der Waals surface area contributed by atoms with Crippen molar-refractivity contribution < 1.29 is 22.8 Å². The number of benzene rings is 1. The van der Waals surface area contributed by atoms with Gasteiger partial charge in [-0.3, -0.25) is 14.3 Å². The van der Waals surface area contributed by atoms with Crippen LogP contribution in [0.4, 0.5) is 18.9 Å². The van der Waals surface area contributed by atoms with Crippen LogP contribution in [0.25, 0.3) is 21.3 Å². The van der Waals surface area contributed by atoms with E-state index >= 15 is 0 Å². The second-order valence-electron chi connectivity index (χ2n) is 6.97. The minimum absolute atomic E-state index is 0.0338. The number of halogens is 3. The number of carbonyl (C=O) groups excluding carboxylic acids is 2. The van der Waals surface area contributed by atoms with Crippen molar-refractivity contribution in [2.24, 2.45) is 5.73 Å². The predicted octanol–water partition coefficient (Wildman–Crippen LogP) is 4.22. The second-order valence-corrected chi connectivity index (χ2v) is 7.97. The lowest BCUT2D eigenvalue weighted by Gasteiger charge is -2.12. The standard InChI is InChI=1S/C21H16F3N5O2S/c1-11-7-8-29(28-11)10-15(30)27-17-16-13(12-5-3-2-4-6-12)9-14(21(22,23)24)26-20(16)32-18(17)19(25)31/h2-9H,10H2,1H3,(H2,25,31)(H,27,30). The molecular formula is C21H16F3N5O2S. The van der Waals surface area contributed by atoms with Crippen molar-refractivity contribution in [2.45, 2.75) is 19.6 Å². The number of rotatable bonds is 5. The Morgan fingerprint density at radius 3 is 2.50 bits per heavy atom. The SMILES string of the molecule is Cc1ccn(CC(=O)Nc2c(C(N)=O)sc3nc(C(F)(F)F)cc(-c4ccccc4)c23)n1. The topological polar surface area (TPSA) is 103 Å². The Kier molecular flexibility index (Phi) is 5.43. The van der Waals surface area contributed by atoms with E-state index in [-0.39, 0.29) is 32.9 Å². The third-order valence-corrected chi connectivity index (χ3v) is 5.70. The number of alkyl halides is 3. The van der Waals surface area contributed by atoms with Gasteiger partial charge in [0.25, 0.3) is 5.91 Å². The summed E-state index contributed by atoms with van der Waals surface area (Å²) in [6, 6.07) is 11.0. The zero-order valence-electron chi connectivity index (χ0n) is 16.6. The maximum Gasteiger partial charge on any atom is 0.433 e. The van der Waals surface area contributed by atoms with E-state index < -0.39 is 23.7 Å². The van der Waals surface area contributed by atoms with Crippen LogP contribution in [-0.2, 0) is 17.5 Å². The van der Waals surface area contributed by atoms with Crippen LogP contribution < -0.4 is 11.1 Å². The lowest BCUT2D eigenvalue weighted by atomic mass is 10.0. The minimum Gasteiger partial charge on any atom is -0.365 e. The molecule has 164 valence electrons. The Bertz CT molecular complexity index is 1330. The van der Waals surface area contributed by atoms with Gasteiger partial charge in [-0.2, -0.15) is 18.3 Å². The molecule has 0 fully saturated rings. The number of anilines is 1. The van der Waals surface area contributed by atoms with E-state index in [4.69, 9.17) is 5.73 Å². The summed E-state index contributed by atoms with van der Waals surface area (Å²) in [5.74, 6) is -1.40. The number of pyridine rings is 1. The minimum atomic E-state index is -4.70. The van der Waals surface area contributed by atoms with Crippen LogP contribution in [0, 0.1) is 6.92 Å². The summed E-state index contributed by atoms with van der Waals surface area (Å²) in [7, 11) is 0. The number of aromatic nitrogens is 3. The van der Waals surface area contributed by atoms with Crippen molar-refractivity contribution in [3.63, 3.8) is 0 Å². The number of primary amides is 1. The first-order valence-electron chi connectivity index (χ1n) is 9.33. The summed E-state index contributed by atoms with van der Waals surface area (Å²) in [6.07, 6.45) is -3.09. The third kappa shape index (κ3) is 4.19. The Morgan fingerprint density at radius 2 is 1.91 bits per heavy atom. The average Bonchev–Trinajstić information content (AvgIpc) is 3.30. The molecular weight excluding hydrogens is 443 g/mol. The maximum absolute atomic E-state index is 13.5. The number of thiophene rings is 1. The highest BCUT2D eigenvalue weighted by molar-refractivity contribution is 7.21. The molecule has 3 heterocycles. The van der Waals surface area contributed by atoms with Crippen molar-refractivity contribution in [1.82, 2.24) is 14.8 Å². The number of hydrogen-bond donors (Lipinski definition) is 2. The molecule has 0 aliphatic heterocycles. The van der Waals surface area contributed by atoms with Crippen molar-refractivity contribution in [3.05, 3.63) is 64.9 Å². The molecule has 1 aromatic carbocycles. The van der Waals surface area contributed by atoms with Crippen LogP contribution in [0.3, 0.4) is 0 Å². The zero-order chi connectivity index (χ0) is 23.0. The fourth-order valence-electron chi connectivity index (χ4n) is 3.26. The lowest BCUT2D eigenvalue weighted by molar-refractivity contribution is -0.140. The molecule has 0 saturated carbocycles. The first kappa shape index (κ1) is 21.5. The Balaban J connectivity index is 1.89. The van der Waals surface area contributed by atoms with Crippen molar-refractivity contribution in [2.75, 3.05) is 5.32 Å². The molecule has 0 aliphatic rings. The van der Waals surface area contributed by atoms with Gasteiger partial charge >= 0.3 is 6.18 Å². The van der Waals surface area contributed by atoms with Crippen LogP contribution >= 0.6 is 11.3 Å². The number of amides is 2. The maximum atomic E-state index is 13.5. The highest BCUT2D eigenvalue weighted by Crippen LogP contribution is 2.43. The number of carbonyl (C=O) groups is 2. The molecule has 2 amide bonds. The van der Waals surface area contributed by atoms with Gasteiger partial charge in [-0.1, -0.05) is 30.3 Å². The summed E-state index contributed by atoms with van der Waals surface area (Å²) < 4.78 is 41.9. The average molecular weight is 459 g/mol. The molecule has 11 heteroatoms. The first-order valence-corrected chi connectivity index (χ1v) is 10.1. The van der Waals surface area contributed by atoms with Crippen molar-refractivity contribution >= 4 is 39.1 Å². The van der Waals surface area contributed by atoms with Crippen LogP contribution in [0.2, 0.25) is 0 Å². The summed E-state index contributed by atoms with van der Waals surface area (Å²) in [4.78, 5) is 28.3. The number of nitrogens with zero attached hydrogens (tertiary/aromatic N) is 3. The molecule has 7 nitrogen and oxygen atoms in total. The van der Waals surface area contributed by atoms with Crippen LogP contribution in [0.5, 0.6) is 0 Å². The number of fused-ring (bicyclic) bond motifs is 1. The molecule has 3 aromatic heterocycles. The van der Waals surface area contributed by atoms with Crippen LogP contribution in [-0.4, -0.2) is 26.6 Å². The lowest BCUT2D eigenvalue weighted by Crippen LogP contribution is -2.21. The zero-order valence-corrected chi connectivity index (χ0v) is 17.4. The molecule has 0 unspecified atom stereocenters.